The normalized spacial score (nSPS) is 17.2. The highest BCUT2D eigenvalue weighted by molar-refractivity contribution is 5.87. The van der Waals surface area contributed by atoms with E-state index in [1.54, 1.807) is 24.3 Å². The molecule has 1 aliphatic rings. The molecule has 0 radical (unpaired) electrons. The summed E-state index contributed by atoms with van der Waals surface area (Å²) in [7, 11) is 0. The van der Waals surface area contributed by atoms with Crippen LogP contribution in [0.5, 0.6) is 0 Å². The summed E-state index contributed by atoms with van der Waals surface area (Å²) >= 11 is 0. The molecule has 1 fully saturated rings. The van der Waals surface area contributed by atoms with Crippen molar-refractivity contribution in [2.75, 3.05) is 19.6 Å². The van der Waals surface area contributed by atoms with E-state index >= 15 is 0 Å². The number of nitrogens with two attached hydrogens (primary N) is 1. The molecule has 0 aliphatic carbocycles. The molecular weight excluding hydrogens is 406 g/mol. The van der Waals surface area contributed by atoms with Gasteiger partial charge >= 0.3 is 11.9 Å². The Labute approximate surface area is 182 Å². The smallest absolute Gasteiger partial charge is 0.326 e. The predicted octanol–water partition coefficient (Wildman–Crippen LogP) is -0.242. The number of hydrogen-bond donors (Lipinski definition) is 4. The van der Waals surface area contributed by atoms with Crippen LogP contribution >= 0.6 is 0 Å². The number of carboxylic acid groups (broad SMARTS) is 2. The molecule has 31 heavy (non-hydrogen) atoms. The minimum Gasteiger partial charge on any atom is -0.481 e. The van der Waals surface area contributed by atoms with Gasteiger partial charge in [-0.3, -0.25) is 9.59 Å². The Morgan fingerprint density at radius 1 is 1.10 bits per heavy atom. The Balaban J connectivity index is 0.00000450. The molecule has 9 N–H and O–H groups in total. The molecular formula is C21H35N3O7. The summed E-state index contributed by atoms with van der Waals surface area (Å²) in [6.45, 7) is 1.31. The van der Waals surface area contributed by atoms with E-state index in [9.17, 15) is 24.6 Å². The molecule has 1 saturated heterocycles. The number of likely N-dealkylation sites (tertiary alicyclic amines) is 1. The summed E-state index contributed by atoms with van der Waals surface area (Å²) in [5.74, 6) is -2.78. The second kappa shape index (κ2) is 14.5. The van der Waals surface area contributed by atoms with E-state index < -0.39 is 29.9 Å². The lowest BCUT2D eigenvalue weighted by Gasteiger charge is -2.28. The zero-order valence-electron chi connectivity index (χ0n) is 17.6. The molecule has 1 heterocycles. The number of carbonyl (C=O) groups is 3. The van der Waals surface area contributed by atoms with Crippen LogP contribution in [0.4, 0.5) is 0 Å². The molecule has 1 aromatic rings. The lowest BCUT2D eigenvalue weighted by atomic mass is 9.95. The molecule has 176 valence electrons. The Bertz CT molecular complexity index is 687. The van der Waals surface area contributed by atoms with Crippen LogP contribution in [-0.2, 0) is 14.4 Å². The van der Waals surface area contributed by atoms with Gasteiger partial charge in [0.05, 0.1) is 12.0 Å². The Kier molecular flexibility index (Phi) is 13.3. The van der Waals surface area contributed by atoms with Crippen molar-refractivity contribution in [1.82, 2.24) is 10.2 Å². The summed E-state index contributed by atoms with van der Waals surface area (Å²) in [5, 5.41) is 22.1. The minimum absolute atomic E-state index is 0. The Morgan fingerprint density at radius 2 is 1.77 bits per heavy atom. The molecule has 1 aromatic carbocycles. The van der Waals surface area contributed by atoms with Crippen molar-refractivity contribution >= 4 is 17.8 Å². The zero-order valence-corrected chi connectivity index (χ0v) is 17.6. The van der Waals surface area contributed by atoms with Gasteiger partial charge in [0.1, 0.15) is 6.04 Å². The second-order valence-corrected chi connectivity index (χ2v) is 7.41. The van der Waals surface area contributed by atoms with Gasteiger partial charge in [-0.25, -0.2) is 4.79 Å². The third-order valence-electron chi connectivity index (χ3n) is 5.39. The fourth-order valence-corrected chi connectivity index (χ4v) is 3.81. The van der Waals surface area contributed by atoms with Crippen molar-refractivity contribution in [3.63, 3.8) is 0 Å². The molecule has 10 nitrogen and oxygen atoms in total. The standard InChI is InChI=1S/C21H31N3O5.2H2O/c22-12-5-4-9-17(19(25)24-14-6-10-18(24)21(28)29)23-13-11-16(20(26)27)15-7-2-1-3-8-15;;/h1-3,7-8,16-18,23H,4-6,9-14,22H2,(H,26,27)(H,28,29);2*1H2/t16?,17-,18-;;/m0../s1. The number of nitrogens with one attached hydrogen (secondary N) is 1. The van der Waals surface area contributed by atoms with Gasteiger partial charge in [-0.2, -0.15) is 0 Å². The number of unbranched alkanes of at least 4 members (excludes halogenated alkanes) is 1. The van der Waals surface area contributed by atoms with Gasteiger partial charge in [-0.1, -0.05) is 36.8 Å². The van der Waals surface area contributed by atoms with Gasteiger partial charge in [0.2, 0.25) is 5.91 Å². The second-order valence-electron chi connectivity index (χ2n) is 7.41. The SMILES string of the molecule is NCCCC[C@H](NCCC(C(=O)O)c1ccccc1)C(=O)N1CCC[C@H]1C(=O)O.O.O. The number of rotatable bonds is 12. The van der Waals surface area contributed by atoms with Crippen molar-refractivity contribution in [3.8, 4) is 0 Å². The van der Waals surface area contributed by atoms with Crippen LogP contribution in [0, 0.1) is 0 Å². The maximum absolute atomic E-state index is 13.0. The van der Waals surface area contributed by atoms with Crippen LogP contribution in [0.3, 0.4) is 0 Å². The van der Waals surface area contributed by atoms with E-state index in [-0.39, 0.29) is 16.9 Å². The number of carbonyl (C=O) groups excluding carboxylic acids is 1. The maximum Gasteiger partial charge on any atom is 0.326 e. The average molecular weight is 442 g/mol. The van der Waals surface area contributed by atoms with E-state index in [4.69, 9.17) is 5.73 Å². The fraction of sp³-hybridized carbons (Fsp3) is 0.571. The molecule has 0 bridgehead atoms. The first-order chi connectivity index (χ1) is 14.0. The first kappa shape index (κ1) is 28.5. The van der Waals surface area contributed by atoms with Crippen molar-refractivity contribution in [2.45, 2.75) is 56.5 Å². The summed E-state index contributed by atoms with van der Waals surface area (Å²) in [5.41, 5.74) is 6.27. The summed E-state index contributed by atoms with van der Waals surface area (Å²) in [4.78, 5) is 37.5. The highest BCUT2D eigenvalue weighted by Crippen LogP contribution is 2.21. The fourth-order valence-electron chi connectivity index (χ4n) is 3.81. The van der Waals surface area contributed by atoms with Crippen LogP contribution in [0.1, 0.15) is 50.0 Å². The number of amides is 1. The molecule has 3 atom stereocenters. The minimum atomic E-state index is -0.980. The van der Waals surface area contributed by atoms with Gasteiger partial charge in [-0.05, 0) is 50.8 Å². The Hall–Kier alpha value is -2.53. The first-order valence-electron chi connectivity index (χ1n) is 10.2. The summed E-state index contributed by atoms with van der Waals surface area (Å²) in [6.07, 6.45) is 3.53. The maximum atomic E-state index is 13.0. The van der Waals surface area contributed by atoms with Crippen LogP contribution in [0.15, 0.2) is 30.3 Å². The zero-order chi connectivity index (χ0) is 21.2. The van der Waals surface area contributed by atoms with Crippen LogP contribution < -0.4 is 11.1 Å². The van der Waals surface area contributed by atoms with E-state index in [1.807, 2.05) is 6.07 Å². The monoisotopic (exact) mass is 441 g/mol. The summed E-state index contributed by atoms with van der Waals surface area (Å²) in [6, 6.07) is 7.69. The molecule has 0 aromatic heterocycles. The largest absolute Gasteiger partial charge is 0.481 e. The van der Waals surface area contributed by atoms with E-state index in [1.165, 1.54) is 4.90 Å². The molecule has 0 saturated carbocycles. The molecule has 1 amide bonds. The van der Waals surface area contributed by atoms with Crippen LogP contribution in [0.25, 0.3) is 0 Å². The Morgan fingerprint density at radius 3 is 2.35 bits per heavy atom. The summed E-state index contributed by atoms with van der Waals surface area (Å²) < 4.78 is 0. The van der Waals surface area contributed by atoms with E-state index in [2.05, 4.69) is 5.32 Å². The third-order valence-corrected chi connectivity index (χ3v) is 5.39. The van der Waals surface area contributed by atoms with Gasteiger partial charge < -0.3 is 37.1 Å². The highest BCUT2D eigenvalue weighted by atomic mass is 16.4. The number of aliphatic carboxylic acids is 2. The van der Waals surface area contributed by atoms with Crippen LogP contribution in [-0.4, -0.2) is 75.6 Å². The lowest BCUT2D eigenvalue weighted by Crippen LogP contribution is -2.50. The number of benzene rings is 1. The quantitative estimate of drug-likeness (QED) is 0.321. The molecule has 2 rings (SSSR count). The van der Waals surface area contributed by atoms with Gasteiger partial charge in [0.25, 0.3) is 0 Å². The molecule has 0 spiro atoms. The average Bonchev–Trinajstić information content (AvgIpc) is 3.20. The number of hydrogen-bond acceptors (Lipinski definition) is 5. The van der Waals surface area contributed by atoms with Crippen LogP contribution in [0.2, 0.25) is 0 Å². The molecule has 10 heteroatoms. The molecule has 1 aliphatic heterocycles. The number of carboxylic acids is 2. The third kappa shape index (κ3) is 8.25. The predicted molar refractivity (Wildman–Crippen MR) is 116 cm³/mol. The van der Waals surface area contributed by atoms with E-state index in [0.717, 1.165) is 18.4 Å². The number of nitrogens with zero attached hydrogens (tertiary/aromatic N) is 1. The van der Waals surface area contributed by atoms with E-state index in [0.29, 0.717) is 45.3 Å². The molecule has 1 unspecified atom stereocenters. The van der Waals surface area contributed by atoms with Crippen molar-refractivity contribution in [3.05, 3.63) is 35.9 Å². The highest BCUT2D eigenvalue weighted by Gasteiger charge is 2.36. The van der Waals surface area contributed by atoms with Crippen molar-refractivity contribution < 1.29 is 35.5 Å². The van der Waals surface area contributed by atoms with Gasteiger partial charge in [-0.15, -0.1) is 0 Å². The van der Waals surface area contributed by atoms with Crippen molar-refractivity contribution in [1.29, 1.82) is 0 Å². The van der Waals surface area contributed by atoms with Crippen molar-refractivity contribution in [2.24, 2.45) is 5.73 Å². The van der Waals surface area contributed by atoms with Gasteiger partial charge in [0, 0.05) is 6.54 Å². The van der Waals surface area contributed by atoms with Gasteiger partial charge in [0.15, 0.2) is 0 Å². The first-order valence-corrected chi connectivity index (χ1v) is 10.2. The lowest BCUT2D eigenvalue weighted by molar-refractivity contribution is -0.149. The topological polar surface area (TPSA) is 196 Å².